The van der Waals surface area contributed by atoms with Gasteiger partial charge in [0.25, 0.3) is 0 Å². The standard InChI is InChI=1S/C28H24N6O/c1-21-11-13-22(14-12-21)28-24(18-34(32-28)25-8-3-2-4-9-25)15-16-27(35)31-26-10-6-5-7-23(26)17-33-20-29-19-30-33/h2-16,18-20H,17H2,1H3,(H,31,35). The van der Waals surface area contributed by atoms with E-state index in [9.17, 15) is 4.79 Å². The number of nitrogens with one attached hydrogen (secondary N) is 1. The first-order valence-corrected chi connectivity index (χ1v) is 11.3. The summed E-state index contributed by atoms with van der Waals surface area (Å²) in [5, 5.41) is 11.9. The van der Waals surface area contributed by atoms with Gasteiger partial charge in [0.15, 0.2) is 0 Å². The van der Waals surface area contributed by atoms with Gasteiger partial charge >= 0.3 is 0 Å². The van der Waals surface area contributed by atoms with Crippen LogP contribution in [-0.4, -0.2) is 30.5 Å². The third kappa shape index (κ3) is 5.25. The quantitative estimate of drug-likeness (QED) is 0.341. The van der Waals surface area contributed by atoms with Crippen LogP contribution >= 0.6 is 0 Å². The summed E-state index contributed by atoms with van der Waals surface area (Å²) in [4.78, 5) is 16.8. The van der Waals surface area contributed by atoms with E-state index >= 15 is 0 Å². The van der Waals surface area contributed by atoms with Gasteiger partial charge in [-0.2, -0.15) is 10.2 Å². The number of anilines is 1. The summed E-state index contributed by atoms with van der Waals surface area (Å²) in [6.45, 7) is 2.57. The van der Waals surface area contributed by atoms with E-state index in [1.165, 1.54) is 18.0 Å². The molecule has 172 valence electrons. The molecule has 0 fully saturated rings. The molecule has 2 heterocycles. The van der Waals surface area contributed by atoms with Gasteiger partial charge in [-0.3, -0.25) is 4.79 Å². The smallest absolute Gasteiger partial charge is 0.248 e. The predicted octanol–water partition coefficient (Wildman–Crippen LogP) is 5.14. The Morgan fingerprint density at radius 2 is 1.74 bits per heavy atom. The number of aryl methyl sites for hydroxylation is 1. The Balaban J connectivity index is 1.41. The molecule has 7 nitrogen and oxygen atoms in total. The molecule has 0 unspecified atom stereocenters. The van der Waals surface area contributed by atoms with Crippen LogP contribution < -0.4 is 5.32 Å². The van der Waals surface area contributed by atoms with Crippen molar-refractivity contribution in [3.05, 3.63) is 120 Å². The summed E-state index contributed by atoms with van der Waals surface area (Å²) in [6.07, 6.45) is 8.42. The zero-order valence-electron chi connectivity index (χ0n) is 19.2. The van der Waals surface area contributed by atoms with E-state index in [-0.39, 0.29) is 5.91 Å². The van der Waals surface area contributed by atoms with Crippen LogP contribution in [0.5, 0.6) is 0 Å². The fraction of sp³-hybridized carbons (Fsp3) is 0.0714. The van der Waals surface area contributed by atoms with Gasteiger partial charge < -0.3 is 5.32 Å². The van der Waals surface area contributed by atoms with E-state index in [0.29, 0.717) is 6.54 Å². The minimum absolute atomic E-state index is 0.224. The van der Waals surface area contributed by atoms with Gasteiger partial charge in [0.2, 0.25) is 5.91 Å². The Morgan fingerprint density at radius 1 is 0.971 bits per heavy atom. The first kappa shape index (κ1) is 22.0. The summed E-state index contributed by atoms with van der Waals surface area (Å²) in [5.41, 5.74) is 6.45. The van der Waals surface area contributed by atoms with Crippen LogP contribution in [0.1, 0.15) is 16.7 Å². The molecule has 7 heteroatoms. The molecule has 0 aliphatic carbocycles. The number of aromatic nitrogens is 5. The van der Waals surface area contributed by atoms with Crippen LogP contribution in [0.25, 0.3) is 23.0 Å². The van der Waals surface area contributed by atoms with Gasteiger partial charge in [-0.05, 0) is 36.8 Å². The van der Waals surface area contributed by atoms with E-state index in [4.69, 9.17) is 5.10 Å². The van der Waals surface area contributed by atoms with Crippen molar-refractivity contribution in [2.24, 2.45) is 0 Å². The van der Waals surface area contributed by atoms with Crippen molar-refractivity contribution in [1.82, 2.24) is 24.5 Å². The summed E-state index contributed by atoms with van der Waals surface area (Å²) in [5.74, 6) is -0.224. The maximum absolute atomic E-state index is 12.8. The average Bonchev–Trinajstić information content (AvgIpc) is 3.55. The molecular weight excluding hydrogens is 436 g/mol. The maximum atomic E-state index is 12.8. The predicted molar refractivity (Wildman–Crippen MR) is 137 cm³/mol. The van der Waals surface area contributed by atoms with Gasteiger partial charge in [-0.25, -0.2) is 14.3 Å². The molecule has 1 N–H and O–H groups in total. The van der Waals surface area contributed by atoms with Crippen molar-refractivity contribution in [2.45, 2.75) is 13.5 Å². The SMILES string of the molecule is Cc1ccc(-c2nn(-c3ccccc3)cc2C=CC(=O)Nc2ccccc2Cn2cncn2)cc1. The number of carbonyl (C=O) groups excluding carboxylic acids is 1. The molecule has 2 aromatic heterocycles. The third-order valence-corrected chi connectivity index (χ3v) is 5.58. The fourth-order valence-corrected chi connectivity index (χ4v) is 3.77. The van der Waals surface area contributed by atoms with Crippen molar-refractivity contribution in [3.8, 4) is 16.9 Å². The molecule has 35 heavy (non-hydrogen) atoms. The highest BCUT2D eigenvalue weighted by molar-refractivity contribution is 6.02. The van der Waals surface area contributed by atoms with E-state index in [0.717, 1.165) is 33.8 Å². The third-order valence-electron chi connectivity index (χ3n) is 5.58. The van der Waals surface area contributed by atoms with Crippen LogP contribution in [0.4, 0.5) is 5.69 Å². The highest BCUT2D eigenvalue weighted by atomic mass is 16.1. The van der Waals surface area contributed by atoms with E-state index in [1.807, 2.05) is 77.6 Å². The number of hydrogen-bond donors (Lipinski definition) is 1. The number of carbonyl (C=O) groups is 1. The highest BCUT2D eigenvalue weighted by Gasteiger charge is 2.12. The number of hydrogen-bond acceptors (Lipinski definition) is 4. The zero-order chi connectivity index (χ0) is 24.0. The summed E-state index contributed by atoms with van der Waals surface area (Å²) in [7, 11) is 0. The maximum Gasteiger partial charge on any atom is 0.248 e. The molecule has 1 amide bonds. The van der Waals surface area contributed by atoms with Gasteiger partial charge in [0.05, 0.1) is 17.9 Å². The number of nitrogens with zero attached hydrogens (tertiary/aromatic N) is 5. The second-order valence-corrected chi connectivity index (χ2v) is 8.15. The molecule has 0 bridgehead atoms. The lowest BCUT2D eigenvalue weighted by atomic mass is 10.1. The average molecular weight is 461 g/mol. The Hall–Kier alpha value is -4.78. The second kappa shape index (κ2) is 10.0. The minimum atomic E-state index is -0.224. The Bertz CT molecular complexity index is 1450. The van der Waals surface area contributed by atoms with Crippen molar-refractivity contribution < 1.29 is 4.79 Å². The van der Waals surface area contributed by atoms with Crippen LogP contribution in [0.15, 0.2) is 104 Å². The molecule has 0 atom stereocenters. The van der Waals surface area contributed by atoms with Crippen molar-refractivity contribution >= 4 is 17.7 Å². The minimum Gasteiger partial charge on any atom is -0.322 e. The lowest BCUT2D eigenvalue weighted by Gasteiger charge is -2.09. The summed E-state index contributed by atoms with van der Waals surface area (Å²) >= 11 is 0. The lowest BCUT2D eigenvalue weighted by molar-refractivity contribution is -0.111. The van der Waals surface area contributed by atoms with Crippen molar-refractivity contribution in [1.29, 1.82) is 0 Å². The fourth-order valence-electron chi connectivity index (χ4n) is 3.77. The van der Waals surface area contributed by atoms with Crippen LogP contribution in [0.2, 0.25) is 0 Å². The molecule has 0 radical (unpaired) electrons. The van der Waals surface area contributed by atoms with E-state index in [2.05, 4.69) is 34.5 Å². The number of rotatable bonds is 7. The molecule has 3 aromatic carbocycles. The normalized spacial score (nSPS) is 11.1. The van der Waals surface area contributed by atoms with E-state index in [1.54, 1.807) is 17.1 Å². The van der Waals surface area contributed by atoms with Crippen LogP contribution in [-0.2, 0) is 11.3 Å². The van der Waals surface area contributed by atoms with Crippen molar-refractivity contribution in [3.63, 3.8) is 0 Å². The second-order valence-electron chi connectivity index (χ2n) is 8.15. The highest BCUT2D eigenvalue weighted by Crippen LogP contribution is 2.25. The topological polar surface area (TPSA) is 77.6 Å². The van der Waals surface area contributed by atoms with Gasteiger partial charge in [0.1, 0.15) is 12.7 Å². The Morgan fingerprint density at radius 3 is 2.51 bits per heavy atom. The summed E-state index contributed by atoms with van der Waals surface area (Å²) in [6, 6.07) is 25.8. The van der Waals surface area contributed by atoms with Crippen LogP contribution in [0.3, 0.4) is 0 Å². The Labute approximate surface area is 203 Å². The molecular formula is C28H24N6O. The van der Waals surface area contributed by atoms with Crippen molar-refractivity contribution in [2.75, 3.05) is 5.32 Å². The molecule has 5 aromatic rings. The number of amides is 1. The monoisotopic (exact) mass is 460 g/mol. The summed E-state index contributed by atoms with van der Waals surface area (Å²) < 4.78 is 3.55. The largest absolute Gasteiger partial charge is 0.322 e. The van der Waals surface area contributed by atoms with Gasteiger partial charge in [-0.15, -0.1) is 0 Å². The number of benzene rings is 3. The molecule has 0 aliphatic heterocycles. The van der Waals surface area contributed by atoms with Gasteiger partial charge in [0, 0.05) is 29.1 Å². The molecule has 0 saturated heterocycles. The van der Waals surface area contributed by atoms with E-state index < -0.39 is 0 Å². The molecule has 0 saturated carbocycles. The zero-order valence-corrected chi connectivity index (χ0v) is 19.2. The lowest BCUT2D eigenvalue weighted by Crippen LogP contribution is -2.11. The number of para-hydroxylation sites is 2. The Kier molecular flexibility index (Phi) is 6.30. The molecule has 5 rings (SSSR count). The van der Waals surface area contributed by atoms with Crippen LogP contribution in [0, 0.1) is 6.92 Å². The molecule has 0 aliphatic rings. The van der Waals surface area contributed by atoms with Gasteiger partial charge in [-0.1, -0.05) is 66.2 Å². The molecule has 0 spiro atoms. The first-order chi connectivity index (χ1) is 17.2. The first-order valence-electron chi connectivity index (χ1n) is 11.3.